The summed E-state index contributed by atoms with van der Waals surface area (Å²) in [6.07, 6.45) is 1.98. The first kappa shape index (κ1) is 15.3. The lowest BCUT2D eigenvalue weighted by Gasteiger charge is -2.14. The lowest BCUT2D eigenvalue weighted by molar-refractivity contribution is 0.0927. The minimum Gasteiger partial charge on any atom is -0.366 e. The van der Waals surface area contributed by atoms with E-state index in [1.54, 1.807) is 30.0 Å². The van der Waals surface area contributed by atoms with Gasteiger partial charge in [-0.25, -0.2) is 0 Å². The fourth-order valence-electron chi connectivity index (χ4n) is 1.56. The fraction of sp³-hybridized carbons (Fsp3) is 0.333. The monoisotopic (exact) mass is 378 g/mol. The summed E-state index contributed by atoms with van der Waals surface area (Å²) >= 11 is 3.65. The molecular formula is C12H15IN2O2S. The minimum absolute atomic E-state index is 0.0473. The van der Waals surface area contributed by atoms with Gasteiger partial charge in [-0.1, -0.05) is 6.07 Å². The summed E-state index contributed by atoms with van der Waals surface area (Å²) in [5, 5.41) is 2.85. The first-order valence-electron chi connectivity index (χ1n) is 5.35. The zero-order valence-electron chi connectivity index (χ0n) is 10.2. The molecule has 0 aliphatic heterocycles. The van der Waals surface area contributed by atoms with Crippen LogP contribution < -0.4 is 11.1 Å². The van der Waals surface area contributed by atoms with Gasteiger partial charge in [-0.3, -0.25) is 9.59 Å². The maximum absolute atomic E-state index is 12.1. The van der Waals surface area contributed by atoms with Gasteiger partial charge in [-0.2, -0.15) is 11.8 Å². The van der Waals surface area contributed by atoms with Gasteiger partial charge in [0.2, 0.25) is 0 Å². The van der Waals surface area contributed by atoms with Gasteiger partial charge in [0.1, 0.15) is 0 Å². The highest BCUT2D eigenvalue weighted by Crippen LogP contribution is 2.16. The first-order chi connectivity index (χ1) is 8.47. The van der Waals surface area contributed by atoms with Crippen molar-refractivity contribution in [2.75, 3.05) is 12.0 Å². The van der Waals surface area contributed by atoms with Crippen molar-refractivity contribution in [1.29, 1.82) is 0 Å². The van der Waals surface area contributed by atoms with Crippen molar-refractivity contribution in [2.24, 2.45) is 5.73 Å². The molecule has 0 spiro atoms. The van der Waals surface area contributed by atoms with Crippen LogP contribution in [-0.2, 0) is 0 Å². The molecule has 0 aliphatic rings. The van der Waals surface area contributed by atoms with E-state index in [-0.39, 0.29) is 17.5 Å². The Kier molecular flexibility index (Phi) is 5.94. The number of thioether (sulfide) groups is 1. The van der Waals surface area contributed by atoms with Gasteiger partial charge in [0.05, 0.1) is 11.1 Å². The molecule has 0 radical (unpaired) electrons. The zero-order chi connectivity index (χ0) is 13.7. The first-order valence-corrected chi connectivity index (χ1v) is 7.82. The molecule has 0 unspecified atom stereocenters. The molecule has 3 N–H and O–H groups in total. The highest BCUT2D eigenvalue weighted by molar-refractivity contribution is 14.1. The van der Waals surface area contributed by atoms with Crippen LogP contribution in [0.3, 0.4) is 0 Å². The molecule has 98 valence electrons. The molecule has 2 amide bonds. The Bertz CT molecular complexity index is 465. The van der Waals surface area contributed by atoms with E-state index in [2.05, 4.69) is 5.32 Å². The number of hydrogen-bond acceptors (Lipinski definition) is 3. The third-order valence-corrected chi connectivity index (χ3v) is 4.03. The number of rotatable bonds is 5. The number of amides is 2. The van der Waals surface area contributed by atoms with Crippen molar-refractivity contribution in [3.05, 3.63) is 32.9 Å². The summed E-state index contributed by atoms with van der Waals surface area (Å²) in [5.74, 6) is -0.0202. The molecule has 0 aliphatic carbocycles. The van der Waals surface area contributed by atoms with Gasteiger partial charge in [-0.05, 0) is 47.9 Å². The SMILES string of the molecule is CSC[C@H](C)NC(=O)c1cccc(I)c1C(N)=O. The Morgan fingerprint density at radius 1 is 1.50 bits per heavy atom. The lowest BCUT2D eigenvalue weighted by Crippen LogP contribution is -2.35. The van der Waals surface area contributed by atoms with Crippen LogP contribution in [-0.4, -0.2) is 29.9 Å². The standard InChI is InChI=1S/C12H15IN2O2S/c1-7(6-18-2)15-12(17)8-4-3-5-9(13)10(8)11(14)16/h3-5,7H,6H2,1-2H3,(H2,14,16)(H,15,17)/t7-/m0/s1. The van der Waals surface area contributed by atoms with E-state index in [9.17, 15) is 9.59 Å². The van der Waals surface area contributed by atoms with E-state index in [1.165, 1.54) is 0 Å². The Morgan fingerprint density at radius 3 is 2.72 bits per heavy atom. The third-order valence-electron chi connectivity index (χ3n) is 2.30. The second-order valence-corrected chi connectivity index (χ2v) is 5.93. The molecule has 0 bridgehead atoms. The third kappa shape index (κ3) is 3.88. The number of carbonyl (C=O) groups excluding carboxylic acids is 2. The van der Waals surface area contributed by atoms with Gasteiger partial charge in [-0.15, -0.1) is 0 Å². The van der Waals surface area contributed by atoms with Gasteiger partial charge < -0.3 is 11.1 Å². The molecule has 0 saturated carbocycles. The van der Waals surface area contributed by atoms with Crippen LogP contribution in [0.1, 0.15) is 27.6 Å². The molecule has 1 aromatic carbocycles. The summed E-state index contributed by atoms with van der Waals surface area (Å²) in [5.41, 5.74) is 5.93. The van der Waals surface area contributed by atoms with Crippen LogP contribution >= 0.6 is 34.4 Å². The molecule has 0 aromatic heterocycles. The van der Waals surface area contributed by atoms with Crippen LogP contribution in [0.5, 0.6) is 0 Å². The molecule has 0 fully saturated rings. The van der Waals surface area contributed by atoms with Crippen molar-refractivity contribution in [2.45, 2.75) is 13.0 Å². The highest BCUT2D eigenvalue weighted by atomic mass is 127. The largest absolute Gasteiger partial charge is 0.366 e. The van der Waals surface area contributed by atoms with Crippen molar-refractivity contribution in [3.8, 4) is 0 Å². The number of carbonyl (C=O) groups is 2. The number of halogens is 1. The lowest BCUT2D eigenvalue weighted by atomic mass is 10.1. The van der Waals surface area contributed by atoms with E-state index in [4.69, 9.17) is 5.73 Å². The predicted molar refractivity (Wildman–Crippen MR) is 83.0 cm³/mol. The Labute approximate surface area is 124 Å². The number of nitrogens with one attached hydrogen (secondary N) is 1. The second kappa shape index (κ2) is 6.98. The van der Waals surface area contributed by atoms with Gasteiger partial charge in [0.15, 0.2) is 0 Å². The molecule has 6 heteroatoms. The number of hydrogen-bond donors (Lipinski definition) is 2. The van der Waals surface area contributed by atoms with E-state index < -0.39 is 5.91 Å². The minimum atomic E-state index is -0.581. The van der Waals surface area contributed by atoms with Gasteiger partial charge in [0.25, 0.3) is 11.8 Å². The smallest absolute Gasteiger partial charge is 0.252 e. The Morgan fingerprint density at radius 2 is 2.17 bits per heavy atom. The summed E-state index contributed by atoms with van der Waals surface area (Å²) < 4.78 is 0.685. The average molecular weight is 378 g/mol. The van der Waals surface area contributed by atoms with E-state index in [0.717, 1.165) is 5.75 Å². The second-order valence-electron chi connectivity index (χ2n) is 3.86. The summed E-state index contributed by atoms with van der Waals surface area (Å²) in [6.45, 7) is 1.92. The van der Waals surface area contributed by atoms with Crippen molar-refractivity contribution < 1.29 is 9.59 Å². The summed E-state index contributed by atoms with van der Waals surface area (Å²) in [7, 11) is 0. The summed E-state index contributed by atoms with van der Waals surface area (Å²) in [4.78, 5) is 23.5. The quantitative estimate of drug-likeness (QED) is 0.769. The molecule has 1 rings (SSSR count). The van der Waals surface area contributed by atoms with Crippen LogP contribution in [0.2, 0.25) is 0 Å². The van der Waals surface area contributed by atoms with Crippen molar-refractivity contribution >= 4 is 46.2 Å². The molecule has 0 heterocycles. The number of primary amides is 1. The molecule has 18 heavy (non-hydrogen) atoms. The Balaban J connectivity index is 2.99. The molecule has 4 nitrogen and oxygen atoms in total. The average Bonchev–Trinajstić information content (AvgIpc) is 2.28. The van der Waals surface area contributed by atoms with E-state index in [0.29, 0.717) is 9.13 Å². The number of nitrogens with two attached hydrogens (primary N) is 1. The highest BCUT2D eigenvalue weighted by Gasteiger charge is 2.18. The molecular weight excluding hydrogens is 363 g/mol. The molecule has 1 aromatic rings. The zero-order valence-corrected chi connectivity index (χ0v) is 13.2. The van der Waals surface area contributed by atoms with Crippen molar-refractivity contribution in [1.82, 2.24) is 5.32 Å². The van der Waals surface area contributed by atoms with Gasteiger partial charge >= 0.3 is 0 Å². The van der Waals surface area contributed by atoms with Crippen LogP contribution in [0.4, 0.5) is 0 Å². The van der Waals surface area contributed by atoms with Gasteiger partial charge in [0, 0.05) is 15.4 Å². The van der Waals surface area contributed by atoms with Crippen molar-refractivity contribution in [3.63, 3.8) is 0 Å². The Hall–Kier alpha value is -0.760. The summed E-state index contributed by atoms with van der Waals surface area (Å²) in [6, 6.07) is 5.15. The van der Waals surface area contributed by atoms with Crippen LogP contribution in [0, 0.1) is 3.57 Å². The molecule has 0 saturated heterocycles. The maximum atomic E-state index is 12.1. The molecule has 1 atom stereocenters. The predicted octanol–water partition coefficient (Wildman–Crippen LogP) is 1.87. The van der Waals surface area contributed by atoms with E-state index in [1.807, 2.05) is 35.8 Å². The van der Waals surface area contributed by atoms with Crippen LogP contribution in [0.25, 0.3) is 0 Å². The van der Waals surface area contributed by atoms with E-state index >= 15 is 0 Å². The maximum Gasteiger partial charge on any atom is 0.252 e. The number of benzene rings is 1. The topological polar surface area (TPSA) is 72.2 Å². The normalized spacial score (nSPS) is 11.9. The van der Waals surface area contributed by atoms with Crippen LogP contribution in [0.15, 0.2) is 18.2 Å². The fourth-order valence-corrected chi connectivity index (χ4v) is 2.90.